The maximum Gasteiger partial charge on any atom is 0.253 e. The molecule has 1 aromatic rings. The number of carbonyl (C=O) groups excluding carboxylic acids is 2. The van der Waals surface area contributed by atoms with Crippen molar-refractivity contribution in [2.24, 2.45) is 16.8 Å². The second-order valence-electron chi connectivity index (χ2n) is 10.3. The first-order chi connectivity index (χ1) is 17.1. The van der Waals surface area contributed by atoms with E-state index in [9.17, 15) is 18.0 Å². The normalized spacial score (nSPS) is 24.6. The molecule has 196 valence electrons. The van der Waals surface area contributed by atoms with Crippen LogP contribution in [0.2, 0.25) is 0 Å². The van der Waals surface area contributed by atoms with Gasteiger partial charge in [-0.05, 0) is 61.3 Å². The number of amides is 2. The van der Waals surface area contributed by atoms with Crippen LogP contribution in [0.5, 0.6) is 0 Å². The summed E-state index contributed by atoms with van der Waals surface area (Å²) in [5, 5.41) is 4.25. The van der Waals surface area contributed by atoms with E-state index in [4.69, 9.17) is 4.99 Å². The van der Waals surface area contributed by atoms with Gasteiger partial charge in [0, 0.05) is 24.4 Å². The van der Waals surface area contributed by atoms with Gasteiger partial charge in [0.15, 0.2) is 0 Å². The van der Waals surface area contributed by atoms with E-state index in [0.29, 0.717) is 18.8 Å². The summed E-state index contributed by atoms with van der Waals surface area (Å²) < 4.78 is 27.5. The Labute approximate surface area is 213 Å². The Morgan fingerprint density at radius 3 is 2.58 bits per heavy atom. The molecule has 0 bridgehead atoms. The molecule has 2 aliphatic heterocycles. The summed E-state index contributed by atoms with van der Waals surface area (Å²) in [5.74, 6) is 1.49. The number of nitrogens with one attached hydrogen (secondary N) is 2. The summed E-state index contributed by atoms with van der Waals surface area (Å²) in [4.78, 5) is 34.0. The van der Waals surface area contributed by atoms with E-state index in [1.165, 1.54) is 16.8 Å². The van der Waals surface area contributed by atoms with Crippen LogP contribution in [0.1, 0.15) is 62.1 Å². The van der Waals surface area contributed by atoms with E-state index in [0.717, 1.165) is 54.1 Å². The third-order valence-electron chi connectivity index (χ3n) is 7.65. The summed E-state index contributed by atoms with van der Waals surface area (Å²) in [6.07, 6.45) is 6.91. The Morgan fingerprint density at radius 2 is 1.94 bits per heavy atom. The van der Waals surface area contributed by atoms with Crippen LogP contribution in [-0.2, 0) is 30.9 Å². The molecule has 0 atom stereocenters. The Kier molecular flexibility index (Phi) is 7.96. The highest BCUT2D eigenvalue weighted by Gasteiger charge is 2.48. The summed E-state index contributed by atoms with van der Waals surface area (Å²) in [6.45, 7) is 4.64. The number of aliphatic imine (C=N–C) groups is 1. The van der Waals surface area contributed by atoms with Gasteiger partial charge in [0.25, 0.3) is 5.91 Å². The van der Waals surface area contributed by atoms with Crippen molar-refractivity contribution < 1.29 is 22.8 Å². The number of amidine groups is 1. The van der Waals surface area contributed by atoms with Gasteiger partial charge < -0.3 is 5.32 Å². The number of hydroxylamine groups is 1. The largest absolute Gasteiger partial charge is 0.312 e. The van der Waals surface area contributed by atoms with Gasteiger partial charge in [-0.2, -0.15) is 4.31 Å². The standard InChI is InChI=1S/C26H36N4O5S/c1-18-4-7-22(8-5-18)24-27-25(32)26(28-24)11-13-30(14-12-26)36(33,34)15-10-21-9-6-20(16-19(21)2)17-23(31)29-35-3/h6,9-10,15-16,18,22H,4-5,7-8,11-14,17H2,1-3H3,(H,29,31)(H,27,28,32)/b15-10+. The van der Waals surface area contributed by atoms with Gasteiger partial charge in [0.2, 0.25) is 15.9 Å². The van der Waals surface area contributed by atoms with Crippen LogP contribution < -0.4 is 10.8 Å². The van der Waals surface area contributed by atoms with Crippen molar-refractivity contribution in [3.05, 3.63) is 40.3 Å². The Hall–Kier alpha value is -2.56. The number of hydrogen-bond donors (Lipinski definition) is 2. The number of hydrogen-bond acceptors (Lipinski definition) is 6. The minimum atomic E-state index is -3.65. The fourth-order valence-corrected chi connectivity index (χ4v) is 6.52. The number of sulfonamides is 1. The highest BCUT2D eigenvalue weighted by Crippen LogP contribution is 2.36. The average Bonchev–Trinajstić information content (AvgIpc) is 3.14. The van der Waals surface area contributed by atoms with Crippen molar-refractivity contribution >= 4 is 33.7 Å². The van der Waals surface area contributed by atoms with Crippen molar-refractivity contribution in [3.63, 3.8) is 0 Å². The molecular weight excluding hydrogens is 480 g/mol. The first-order valence-electron chi connectivity index (χ1n) is 12.6. The lowest BCUT2D eigenvalue weighted by Gasteiger charge is -2.34. The Bertz CT molecular complexity index is 1160. The van der Waals surface area contributed by atoms with Crippen molar-refractivity contribution in [2.45, 2.75) is 64.3 Å². The van der Waals surface area contributed by atoms with E-state index in [1.54, 1.807) is 18.2 Å². The molecule has 1 aromatic carbocycles. The zero-order chi connectivity index (χ0) is 25.9. The van der Waals surface area contributed by atoms with Crippen LogP contribution in [0.4, 0.5) is 0 Å². The molecule has 0 unspecified atom stereocenters. The molecular formula is C26H36N4O5S. The van der Waals surface area contributed by atoms with Gasteiger partial charge in [-0.15, -0.1) is 0 Å². The predicted molar refractivity (Wildman–Crippen MR) is 138 cm³/mol. The van der Waals surface area contributed by atoms with Crippen molar-refractivity contribution in [1.29, 1.82) is 0 Å². The molecule has 10 heteroatoms. The minimum absolute atomic E-state index is 0.0846. The third kappa shape index (κ3) is 5.87. The average molecular weight is 517 g/mol. The molecule has 1 aliphatic carbocycles. The minimum Gasteiger partial charge on any atom is -0.312 e. The fourth-order valence-electron chi connectivity index (χ4n) is 5.33. The lowest BCUT2D eigenvalue weighted by Crippen LogP contribution is -2.50. The predicted octanol–water partition coefficient (Wildman–Crippen LogP) is 2.70. The maximum atomic E-state index is 13.0. The van der Waals surface area contributed by atoms with Gasteiger partial charge in [0.05, 0.1) is 13.5 Å². The number of nitrogens with zero attached hydrogens (tertiary/aromatic N) is 2. The molecule has 2 amide bonds. The van der Waals surface area contributed by atoms with E-state index in [2.05, 4.69) is 22.6 Å². The molecule has 0 radical (unpaired) electrons. The monoisotopic (exact) mass is 516 g/mol. The molecule has 36 heavy (non-hydrogen) atoms. The molecule has 9 nitrogen and oxygen atoms in total. The third-order valence-corrected chi connectivity index (χ3v) is 9.21. The molecule has 0 aromatic heterocycles. The van der Waals surface area contributed by atoms with Gasteiger partial charge in [-0.1, -0.05) is 38.0 Å². The molecule has 1 spiro atoms. The molecule has 3 aliphatic rings. The highest BCUT2D eigenvalue weighted by atomic mass is 32.2. The summed E-state index contributed by atoms with van der Waals surface area (Å²) in [7, 11) is -2.27. The Morgan fingerprint density at radius 1 is 1.25 bits per heavy atom. The Balaban J connectivity index is 1.38. The van der Waals surface area contributed by atoms with E-state index < -0.39 is 15.6 Å². The lowest BCUT2D eigenvalue weighted by atomic mass is 9.82. The molecule has 2 N–H and O–H groups in total. The van der Waals surface area contributed by atoms with Crippen LogP contribution in [0, 0.1) is 18.8 Å². The van der Waals surface area contributed by atoms with Gasteiger partial charge >= 0.3 is 0 Å². The second kappa shape index (κ2) is 10.8. The summed E-state index contributed by atoms with van der Waals surface area (Å²) in [6, 6.07) is 5.45. The van der Waals surface area contributed by atoms with Crippen LogP contribution >= 0.6 is 0 Å². The number of rotatable bonds is 7. The first kappa shape index (κ1) is 26.5. The number of carbonyl (C=O) groups is 2. The maximum absolute atomic E-state index is 13.0. The molecule has 2 heterocycles. The van der Waals surface area contributed by atoms with Crippen LogP contribution in [0.3, 0.4) is 0 Å². The van der Waals surface area contributed by atoms with Crippen molar-refractivity contribution in [2.75, 3.05) is 20.2 Å². The number of aryl methyl sites for hydroxylation is 1. The van der Waals surface area contributed by atoms with E-state index in [-0.39, 0.29) is 31.3 Å². The first-order valence-corrected chi connectivity index (χ1v) is 14.1. The van der Waals surface area contributed by atoms with E-state index in [1.807, 2.05) is 13.0 Å². The molecule has 1 saturated heterocycles. The topological polar surface area (TPSA) is 117 Å². The van der Waals surface area contributed by atoms with Crippen LogP contribution in [0.25, 0.3) is 6.08 Å². The number of benzene rings is 1. The van der Waals surface area contributed by atoms with Gasteiger partial charge in [-0.3, -0.25) is 19.4 Å². The van der Waals surface area contributed by atoms with Gasteiger partial charge in [-0.25, -0.2) is 13.9 Å². The SMILES string of the molecule is CONC(=O)Cc1ccc(/C=C/S(=O)(=O)N2CCC3(CC2)N=C(C2CCC(C)CC2)NC3=O)c(C)c1. The zero-order valence-corrected chi connectivity index (χ0v) is 22.1. The van der Waals surface area contributed by atoms with E-state index >= 15 is 0 Å². The zero-order valence-electron chi connectivity index (χ0n) is 21.2. The molecule has 2 fully saturated rings. The molecule has 1 saturated carbocycles. The van der Waals surface area contributed by atoms with Gasteiger partial charge in [0.1, 0.15) is 11.4 Å². The van der Waals surface area contributed by atoms with Crippen molar-refractivity contribution in [3.8, 4) is 0 Å². The highest BCUT2D eigenvalue weighted by molar-refractivity contribution is 7.92. The quantitative estimate of drug-likeness (QED) is 0.541. The smallest absolute Gasteiger partial charge is 0.253 e. The summed E-state index contributed by atoms with van der Waals surface area (Å²) in [5.41, 5.74) is 3.87. The fraction of sp³-hybridized carbons (Fsp3) is 0.577. The van der Waals surface area contributed by atoms with Crippen molar-refractivity contribution in [1.82, 2.24) is 15.1 Å². The summed E-state index contributed by atoms with van der Waals surface area (Å²) >= 11 is 0. The van der Waals surface area contributed by atoms with Crippen LogP contribution in [-0.4, -0.2) is 56.1 Å². The van der Waals surface area contributed by atoms with Crippen LogP contribution in [0.15, 0.2) is 28.6 Å². The second-order valence-corrected chi connectivity index (χ2v) is 12.1. The lowest BCUT2D eigenvalue weighted by molar-refractivity contribution is -0.130. The molecule has 4 rings (SSSR count). The number of piperidine rings is 1.